The van der Waals surface area contributed by atoms with Gasteiger partial charge in [-0.3, -0.25) is 5.43 Å². The van der Waals surface area contributed by atoms with Gasteiger partial charge in [0, 0.05) is 23.8 Å². The van der Waals surface area contributed by atoms with Crippen molar-refractivity contribution < 1.29 is 0 Å². The number of halogens is 1. The molecule has 0 aliphatic carbocycles. The fraction of sp³-hybridized carbons (Fsp3) is 0.235. The summed E-state index contributed by atoms with van der Waals surface area (Å²) in [6.07, 6.45) is 1.80. The van der Waals surface area contributed by atoms with Crippen LogP contribution in [0.5, 0.6) is 0 Å². The zero-order chi connectivity index (χ0) is 15.1. The van der Waals surface area contributed by atoms with Gasteiger partial charge in [-0.05, 0) is 49.7 Å². The van der Waals surface area contributed by atoms with Gasteiger partial charge in [-0.2, -0.15) is 5.10 Å². The second-order valence-electron chi connectivity index (χ2n) is 4.64. The molecular formula is C17H20ClN3. The van der Waals surface area contributed by atoms with E-state index in [-0.39, 0.29) is 0 Å². The Balaban J connectivity index is 1.98. The number of hydrogen-bond donors (Lipinski definition) is 1. The van der Waals surface area contributed by atoms with Gasteiger partial charge in [0.05, 0.1) is 11.9 Å². The number of anilines is 2. The van der Waals surface area contributed by atoms with E-state index >= 15 is 0 Å². The van der Waals surface area contributed by atoms with Crippen molar-refractivity contribution in [2.75, 3.05) is 23.4 Å². The van der Waals surface area contributed by atoms with Crippen molar-refractivity contribution in [2.45, 2.75) is 13.8 Å². The molecule has 0 heterocycles. The largest absolute Gasteiger partial charge is 0.372 e. The molecule has 0 spiro atoms. The Morgan fingerprint density at radius 3 is 2.43 bits per heavy atom. The van der Waals surface area contributed by atoms with E-state index in [1.165, 1.54) is 5.69 Å². The summed E-state index contributed by atoms with van der Waals surface area (Å²) in [7, 11) is 0. The van der Waals surface area contributed by atoms with Gasteiger partial charge in [0.15, 0.2) is 0 Å². The Morgan fingerprint density at radius 1 is 1.10 bits per heavy atom. The molecule has 1 N–H and O–H groups in total. The molecule has 2 aromatic rings. The van der Waals surface area contributed by atoms with Crippen LogP contribution in [0.4, 0.5) is 11.4 Å². The molecule has 21 heavy (non-hydrogen) atoms. The van der Waals surface area contributed by atoms with E-state index in [2.05, 4.69) is 53.5 Å². The van der Waals surface area contributed by atoms with E-state index in [9.17, 15) is 0 Å². The number of benzene rings is 2. The van der Waals surface area contributed by atoms with Crippen molar-refractivity contribution >= 4 is 29.2 Å². The van der Waals surface area contributed by atoms with E-state index in [1.807, 2.05) is 24.3 Å². The van der Waals surface area contributed by atoms with Crippen LogP contribution in [0.25, 0.3) is 0 Å². The average Bonchev–Trinajstić information content (AvgIpc) is 2.50. The van der Waals surface area contributed by atoms with Crippen LogP contribution in [0.3, 0.4) is 0 Å². The molecule has 0 radical (unpaired) electrons. The molecule has 4 heteroatoms. The van der Waals surface area contributed by atoms with Crippen LogP contribution in [0.15, 0.2) is 53.6 Å². The van der Waals surface area contributed by atoms with Gasteiger partial charge < -0.3 is 4.90 Å². The van der Waals surface area contributed by atoms with Gasteiger partial charge in [0.25, 0.3) is 0 Å². The predicted octanol–water partition coefficient (Wildman–Crippen LogP) is 4.63. The molecule has 0 fully saturated rings. The summed E-state index contributed by atoms with van der Waals surface area (Å²) in [6, 6.07) is 15.9. The lowest BCUT2D eigenvalue weighted by Gasteiger charge is -2.20. The maximum absolute atomic E-state index is 5.92. The molecule has 0 amide bonds. The summed E-state index contributed by atoms with van der Waals surface area (Å²) < 4.78 is 0. The van der Waals surface area contributed by atoms with Crippen LogP contribution in [-0.2, 0) is 0 Å². The highest BCUT2D eigenvalue weighted by Gasteiger charge is 2.00. The second kappa shape index (κ2) is 7.70. The second-order valence-corrected chi connectivity index (χ2v) is 5.08. The van der Waals surface area contributed by atoms with E-state index in [0.717, 1.165) is 24.3 Å². The molecule has 2 aromatic carbocycles. The Labute approximate surface area is 131 Å². The quantitative estimate of drug-likeness (QED) is 0.622. The zero-order valence-corrected chi connectivity index (χ0v) is 13.1. The molecule has 0 aromatic heterocycles. The highest BCUT2D eigenvalue weighted by atomic mass is 35.5. The highest BCUT2D eigenvalue weighted by molar-refractivity contribution is 6.30. The minimum Gasteiger partial charge on any atom is -0.372 e. The number of hydrogen-bond acceptors (Lipinski definition) is 3. The Kier molecular flexibility index (Phi) is 5.64. The van der Waals surface area contributed by atoms with Gasteiger partial charge >= 0.3 is 0 Å². The molecule has 0 aliphatic rings. The molecule has 0 unspecified atom stereocenters. The van der Waals surface area contributed by atoms with Crippen LogP contribution >= 0.6 is 11.6 Å². The van der Waals surface area contributed by atoms with Crippen LogP contribution < -0.4 is 10.3 Å². The number of nitrogens with zero attached hydrogens (tertiary/aromatic N) is 2. The number of hydrazone groups is 1. The first kappa shape index (κ1) is 15.4. The van der Waals surface area contributed by atoms with Crippen molar-refractivity contribution in [1.29, 1.82) is 0 Å². The summed E-state index contributed by atoms with van der Waals surface area (Å²) in [4.78, 5) is 2.31. The van der Waals surface area contributed by atoms with Crippen molar-refractivity contribution in [2.24, 2.45) is 5.10 Å². The SMILES string of the molecule is CCN(CC)c1ccc(C=NNc2cccc(Cl)c2)cc1. The normalized spacial score (nSPS) is 10.8. The van der Waals surface area contributed by atoms with Crippen LogP contribution in [0, 0.1) is 0 Å². The lowest BCUT2D eigenvalue weighted by Crippen LogP contribution is -2.21. The minimum atomic E-state index is 0.693. The first-order chi connectivity index (χ1) is 10.2. The minimum absolute atomic E-state index is 0.693. The van der Waals surface area contributed by atoms with Gasteiger partial charge in [0.2, 0.25) is 0 Å². The van der Waals surface area contributed by atoms with Gasteiger partial charge in [-0.1, -0.05) is 29.8 Å². The van der Waals surface area contributed by atoms with Crippen molar-refractivity contribution in [3.8, 4) is 0 Å². The van der Waals surface area contributed by atoms with E-state index in [1.54, 1.807) is 6.21 Å². The molecule has 0 saturated heterocycles. The Hall–Kier alpha value is -2.00. The summed E-state index contributed by atoms with van der Waals surface area (Å²) >= 11 is 5.92. The average molecular weight is 302 g/mol. The van der Waals surface area contributed by atoms with Gasteiger partial charge in [-0.15, -0.1) is 0 Å². The third kappa shape index (κ3) is 4.50. The number of rotatable bonds is 6. The van der Waals surface area contributed by atoms with Crippen molar-refractivity contribution in [3.05, 3.63) is 59.1 Å². The maximum Gasteiger partial charge on any atom is 0.0576 e. The first-order valence-corrected chi connectivity index (χ1v) is 7.50. The third-order valence-electron chi connectivity index (χ3n) is 3.25. The fourth-order valence-electron chi connectivity index (χ4n) is 2.10. The Morgan fingerprint density at radius 2 is 1.81 bits per heavy atom. The monoisotopic (exact) mass is 301 g/mol. The maximum atomic E-state index is 5.92. The third-order valence-corrected chi connectivity index (χ3v) is 3.49. The number of nitrogens with one attached hydrogen (secondary N) is 1. The van der Waals surface area contributed by atoms with Gasteiger partial charge in [0.1, 0.15) is 0 Å². The predicted molar refractivity (Wildman–Crippen MR) is 92.7 cm³/mol. The molecule has 2 rings (SSSR count). The Bertz CT molecular complexity index is 589. The summed E-state index contributed by atoms with van der Waals surface area (Å²) in [5, 5.41) is 4.91. The molecule has 0 bridgehead atoms. The lowest BCUT2D eigenvalue weighted by atomic mass is 10.2. The van der Waals surface area contributed by atoms with Gasteiger partial charge in [-0.25, -0.2) is 0 Å². The topological polar surface area (TPSA) is 27.6 Å². The molecule has 3 nitrogen and oxygen atoms in total. The first-order valence-electron chi connectivity index (χ1n) is 7.12. The fourth-order valence-corrected chi connectivity index (χ4v) is 2.29. The van der Waals surface area contributed by atoms with Crippen LogP contribution in [0.2, 0.25) is 5.02 Å². The summed E-state index contributed by atoms with van der Waals surface area (Å²) in [5.41, 5.74) is 6.13. The highest BCUT2D eigenvalue weighted by Crippen LogP contribution is 2.15. The molecular weight excluding hydrogens is 282 g/mol. The smallest absolute Gasteiger partial charge is 0.0576 e. The van der Waals surface area contributed by atoms with E-state index in [4.69, 9.17) is 11.6 Å². The summed E-state index contributed by atoms with van der Waals surface area (Å²) in [5.74, 6) is 0. The lowest BCUT2D eigenvalue weighted by molar-refractivity contribution is 0.866. The molecule has 0 saturated carbocycles. The van der Waals surface area contributed by atoms with Crippen LogP contribution in [0.1, 0.15) is 19.4 Å². The standard InChI is InChI=1S/C17H20ClN3/c1-3-21(4-2)17-10-8-14(9-11-17)13-19-20-16-7-5-6-15(18)12-16/h5-13,20H,3-4H2,1-2H3. The van der Waals surface area contributed by atoms with Crippen molar-refractivity contribution in [1.82, 2.24) is 0 Å². The van der Waals surface area contributed by atoms with E-state index < -0.39 is 0 Å². The molecule has 0 atom stereocenters. The van der Waals surface area contributed by atoms with E-state index in [0.29, 0.717) is 5.02 Å². The molecule has 110 valence electrons. The zero-order valence-electron chi connectivity index (χ0n) is 12.4. The van der Waals surface area contributed by atoms with Crippen molar-refractivity contribution in [3.63, 3.8) is 0 Å². The molecule has 0 aliphatic heterocycles. The van der Waals surface area contributed by atoms with Crippen LogP contribution in [-0.4, -0.2) is 19.3 Å². The summed E-state index contributed by atoms with van der Waals surface area (Å²) in [6.45, 7) is 6.35.